The van der Waals surface area contributed by atoms with Crippen LogP contribution < -0.4 is 9.47 Å². The van der Waals surface area contributed by atoms with E-state index in [9.17, 15) is 4.79 Å². The second-order valence-electron chi connectivity index (χ2n) is 10.6. The number of amides is 1. The maximum Gasteiger partial charge on any atom is 0.416 e. The number of hydrogen-bond donors (Lipinski definition) is 1. The highest BCUT2D eigenvalue weighted by Gasteiger charge is 2.36. The van der Waals surface area contributed by atoms with Crippen LogP contribution in [-0.2, 0) is 15.9 Å². The summed E-state index contributed by atoms with van der Waals surface area (Å²) in [7, 11) is 0. The van der Waals surface area contributed by atoms with Gasteiger partial charge in [0, 0.05) is 39.1 Å². The summed E-state index contributed by atoms with van der Waals surface area (Å²) in [5, 5.41) is 2.32. The monoisotopic (exact) mass is 580 g/mol. The van der Waals surface area contributed by atoms with E-state index in [1.165, 1.54) is 0 Å². The van der Waals surface area contributed by atoms with E-state index in [1.807, 2.05) is 56.3 Å². The normalized spacial score (nSPS) is 18.9. The van der Waals surface area contributed by atoms with Gasteiger partial charge >= 0.3 is 6.09 Å². The fourth-order valence-corrected chi connectivity index (χ4v) is 5.55. The number of H-pyrrole nitrogens is 1. The van der Waals surface area contributed by atoms with Gasteiger partial charge in [-0.1, -0.05) is 35.3 Å². The summed E-state index contributed by atoms with van der Waals surface area (Å²) in [6, 6.07) is 20.0. The minimum atomic E-state index is -0.550. The van der Waals surface area contributed by atoms with Crippen LogP contribution in [0.25, 0.3) is 10.9 Å². The molecule has 1 fully saturated rings. The third kappa shape index (κ3) is 5.65. The van der Waals surface area contributed by atoms with E-state index >= 15 is 0 Å². The molecule has 1 amide bonds. The molecule has 9 heteroatoms. The predicted molar refractivity (Wildman–Crippen MR) is 154 cm³/mol. The molecule has 3 heterocycles. The Labute approximate surface area is 242 Å². The van der Waals surface area contributed by atoms with Gasteiger partial charge in [0.25, 0.3) is 0 Å². The Morgan fingerprint density at radius 3 is 2.38 bits per heavy atom. The first-order chi connectivity index (χ1) is 19.3. The largest absolute Gasteiger partial charge is 0.493 e. The van der Waals surface area contributed by atoms with Crippen LogP contribution in [0.4, 0.5) is 4.79 Å². The van der Waals surface area contributed by atoms with Crippen LogP contribution in [0.5, 0.6) is 11.5 Å². The second-order valence-corrected chi connectivity index (χ2v) is 11.5. The molecule has 2 aliphatic rings. The number of rotatable bonds is 5. The first-order valence-corrected chi connectivity index (χ1v) is 14.1. The summed E-state index contributed by atoms with van der Waals surface area (Å²) < 4.78 is 23.3. The van der Waals surface area contributed by atoms with E-state index < -0.39 is 11.9 Å². The summed E-state index contributed by atoms with van der Waals surface area (Å²) in [5.41, 5.74) is 4.01. The molecule has 3 aromatic carbocycles. The van der Waals surface area contributed by atoms with E-state index in [-0.39, 0.29) is 12.0 Å². The van der Waals surface area contributed by atoms with Crippen molar-refractivity contribution < 1.29 is 23.7 Å². The highest BCUT2D eigenvalue weighted by molar-refractivity contribution is 6.31. The number of ether oxygens (including phenoxy) is 4. The summed E-state index contributed by atoms with van der Waals surface area (Å²) in [6.45, 7) is 5.98. The van der Waals surface area contributed by atoms with Crippen LogP contribution in [0.15, 0.2) is 66.7 Å². The molecular formula is C31H30Cl2N2O5. The van der Waals surface area contributed by atoms with Crippen molar-refractivity contribution in [3.8, 4) is 11.5 Å². The quantitative estimate of drug-likeness (QED) is 0.266. The molecule has 1 atom stereocenters. The van der Waals surface area contributed by atoms with E-state index in [0.717, 1.165) is 33.5 Å². The van der Waals surface area contributed by atoms with Gasteiger partial charge in [0.05, 0.1) is 19.8 Å². The first-order valence-electron chi connectivity index (χ1n) is 13.3. The lowest BCUT2D eigenvalue weighted by molar-refractivity contribution is -0.264. The van der Waals surface area contributed by atoms with Crippen molar-refractivity contribution in [2.24, 2.45) is 5.92 Å². The molecule has 0 bridgehead atoms. The van der Waals surface area contributed by atoms with Crippen LogP contribution >= 0.6 is 23.2 Å². The molecule has 0 radical (unpaired) electrons. The van der Waals surface area contributed by atoms with Crippen molar-refractivity contribution in [2.45, 2.75) is 32.1 Å². The van der Waals surface area contributed by atoms with Crippen LogP contribution in [0.2, 0.25) is 10.0 Å². The molecule has 0 saturated carbocycles. The van der Waals surface area contributed by atoms with Gasteiger partial charge in [0.1, 0.15) is 17.5 Å². The van der Waals surface area contributed by atoms with E-state index in [1.54, 1.807) is 29.2 Å². The van der Waals surface area contributed by atoms with Crippen molar-refractivity contribution in [3.05, 3.63) is 93.6 Å². The predicted octanol–water partition coefficient (Wildman–Crippen LogP) is 7.40. The Balaban J connectivity index is 1.26. The Morgan fingerprint density at radius 2 is 1.65 bits per heavy atom. The summed E-state index contributed by atoms with van der Waals surface area (Å²) >= 11 is 12.3. The van der Waals surface area contributed by atoms with Gasteiger partial charge < -0.3 is 23.9 Å². The molecule has 208 valence electrons. The smallest absolute Gasteiger partial charge is 0.416 e. The number of carbonyl (C=O) groups is 1. The minimum absolute atomic E-state index is 0.157. The lowest BCUT2D eigenvalue weighted by atomic mass is 9.92. The Morgan fingerprint density at radius 1 is 0.975 bits per heavy atom. The first kappa shape index (κ1) is 27.0. The zero-order chi connectivity index (χ0) is 27.9. The topological polar surface area (TPSA) is 73.0 Å². The van der Waals surface area contributed by atoms with E-state index in [2.05, 4.69) is 4.98 Å². The molecule has 0 aliphatic carbocycles. The van der Waals surface area contributed by atoms with Gasteiger partial charge in [-0.2, -0.15) is 0 Å². The van der Waals surface area contributed by atoms with Gasteiger partial charge in [-0.05, 0) is 86.0 Å². The van der Waals surface area contributed by atoms with Crippen LogP contribution in [0, 0.1) is 5.92 Å². The molecule has 0 unspecified atom stereocenters. The second kappa shape index (κ2) is 11.0. The maximum absolute atomic E-state index is 13.5. The maximum atomic E-state index is 13.5. The number of carbonyl (C=O) groups excluding carboxylic acids is 1. The number of aromatic nitrogens is 1. The van der Waals surface area contributed by atoms with Gasteiger partial charge in [0.2, 0.25) is 0 Å². The average Bonchev–Trinajstić information content (AvgIpc) is 3.31. The van der Waals surface area contributed by atoms with Gasteiger partial charge in [0.15, 0.2) is 5.79 Å². The zero-order valence-electron chi connectivity index (χ0n) is 22.3. The molecule has 0 spiro atoms. The van der Waals surface area contributed by atoms with Crippen LogP contribution in [-0.4, -0.2) is 48.1 Å². The van der Waals surface area contributed by atoms with Crippen LogP contribution in [0.3, 0.4) is 0 Å². The molecule has 4 aromatic rings. The fourth-order valence-electron chi connectivity index (χ4n) is 5.25. The van der Waals surface area contributed by atoms with Crippen molar-refractivity contribution >= 4 is 40.2 Å². The van der Waals surface area contributed by atoms with E-state index in [0.29, 0.717) is 48.6 Å². The number of nitrogens with one attached hydrogen (secondary N) is 1. The van der Waals surface area contributed by atoms with Gasteiger partial charge in [-0.15, -0.1) is 0 Å². The molecule has 1 saturated heterocycles. The number of halogens is 2. The standard InChI is InChI=1S/C31H30Cl2N2O5/c1-31(2)38-17-19(18-39-31)16-37-23-8-3-20(4-9-23)29-28-25(26-15-22(33)7-12-27(26)34-28)13-14-35(29)30(36)40-24-10-5-21(32)6-11-24/h3-12,15,19,29,34H,13-14,16-18H2,1-2H3/t29-/m0/s1. The molecule has 6 rings (SSSR count). The number of fused-ring (bicyclic) bond motifs is 3. The van der Waals surface area contributed by atoms with E-state index in [4.69, 9.17) is 42.1 Å². The number of hydrogen-bond acceptors (Lipinski definition) is 5. The molecule has 1 N–H and O–H groups in total. The van der Waals surface area contributed by atoms with Crippen molar-refractivity contribution in [1.29, 1.82) is 0 Å². The number of aromatic amines is 1. The summed E-state index contributed by atoms with van der Waals surface area (Å²) in [4.78, 5) is 18.8. The lowest BCUT2D eigenvalue weighted by Crippen LogP contribution is -2.42. The highest BCUT2D eigenvalue weighted by atomic mass is 35.5. The SMILES string of the molecule is CC1(C)OCC(COc2ccc([C@H]3c4[nH]c5ccc(Cl)cc5c4CCN3C(=O)Oc3ccc(Cl)cc3)cc2)CO1. The minimum Gasteiger partial charge on any atom is -0.493 e. The lowest BCUT2D eigenvalue weighted by Gasteiger charge is -2.35. The zero-order valence-corrected chi connectivity index (χ0v) is 23.8. The third-order valence-electron chi connectivity index (χ3n) is 7.36. The third-order valence-corrected chi connectivity index (χ3v) is 7.84. The molecule has 7 nitrogen and oxygen atoms in total. The highest BCUT2D eigenvalue weighted by Crippen LogP contribution is 2.40. The molecule has 1 aromatic heterocycles. The Bertz CT molecular complexity index is 1510. The van der Waals surface area contributed by atoms with Gasteiger partial charge in [-0.25, -0.2) is 4.79 Å². The fraction of sp³-hybridized carbons (Fsp3) is 0.323. The summed E-state index contributed by atoms with van der Waals surface area (Å²) in [5.74, 6) is 0.782. The van der Waals surface area contributed by atoms with Crippen molar-refractivity contribution in [1.82, 2.24) is 9.88 Å². The molecule has 2 aliphatic heterocycles. The molecule has 40 heavy (non-hydrogen) atoms. The van der Waals surface area contributed by atoms with Crippen molar-refractivity contribution in [3.63, 3.8) is 0 Å². The number of nitrogens with zero attached hydrogens (tertiary/aromatic N) is 1. The molecular weight excluding hydrogens is 551 g/mol. The Kier molecular flexibility index (Phi) is 7.40. The van der Waals surface area contributed by atoms with Gasteiger partial charge in [-0.3, -0.25) is 4.90 Å². The Hall–Kier alpha value is -3.23. The summed E-state index contributed by atoms with van der Waals surface area (Å²) in [6.07, 6.45) is 0.237. The number of benzene rings is 3. The average molecular weight is 581 g/mol. The van der Waals surface area contributed by atoms with Crippen molar-refractivity contribution in [2.75, 3.05) is 26.4 Å². The van der Waals surface area contributed by atoms with Crippen LogP contribution in [0.1, 0.15) is 36.7 Å².